The van der Waals surface area contributed by atoms with Gasteiger partial charge >= 0.3 is 68.9 Å². The average molecular weight is 187 g/mol. The van der Waals surface area contributed by atoms with E-state index in [0.29, 0.717) is 0 Å². The molecule has 0 atom stereocenters. The van der Waals surface area contributed by atoms with E-state index in [1.54, 1.807) is 6.07 Å². The molecule has 22 valence electrons. The van der Waals surface area contributed by atoms with Crippen molar-refractivity contribution in [3.63, 3.8) is 0 Å². The maximum absolute atomic E-state index is 7.51. The summed E-state index contributed by atoms with van der Waals surface area (Å²) in [5.74, 6) is 0. The van der Waals surface area contributed by atoms with E-state index in [1.807, 2.05) is 0 Å². The normalized spacial score (nSPS) is 3.00. The predicted octanol–water partition coefficient (Wildman–Crippen LogP) is 0.0475. The van der Waals surface area contributed by atoms with Crippen molar-refractivity contribution >= 4 is 68.9 Å². The summed E-state index contributed by atoms with van der Waals surface area (Å²) < 4.78 is 0. The van der Waals surface area contributed by atoms with Crippen molar-refractivity contribution in [1.29, 1.82) is 5.26 Å². The van der Waals surface area contributed by atoms with Gasteiger partial charge in [0.1, 0.15) is 0 Å². The molecular weight excluding hydrogens is 183 g/mol. The predicted molar refractivity (Wildman–Crippen MR) is 23.0 cm³/mol. The molecule has 0 unspecified atom stereocenters. The second-order valence-electron chi connectivity index (χ2n) is 0.333. The van der Waals surface area contributed by atoms with Crippen LogP contribution < -0.4 is 0 Å². The van der Waals surface area contributed by atoms with Crippen molar-refractivity contribution in [1.82, 2.24) is 0 Å². The quantitative estimate of drug-likeness (QED) is 0.491. The third-order valence-corrected chi connectivity index (χ3v) is 0.0913. The van der Waals surface area contributed by atoms with Crippen molar-refractivity contribution in [2.75, 3.05) is 0 Å². The molecule has 0 amide bonds. The van der Waals surface area contributed by atoms with Crippen LogP contribution >= 0.6 is 0 Å². The van der Waals surface area contributed by atoms with Gasteiger partial charge in [0.25, 0.3) is 0 Å². The number of hydrogen-bond acceptors (Lipinski definition) is 1. The molecule has 1 nitrogen and oxygen atoms in total. The Balaban J connectivity index is 0. The van der Waals surface area contributed by atoms with Crippen LogP contribution in [0.4, 0.5) is 0 Å². The fourth-order valence-electron chi connectivity index (χ4n) is 0. The zero-order valence-corrected chi connectivity index (χ0v) is 2.23. The fourth-order valence-corrected chi connectivity index (χ4v) is 0. The van der Waals surface area contributed by atoms with Gasteiger partial charge in [-0.1, -0.05) is 6.58 Å². The van der Waals surface area contributed by atoms with Crippen LogP contribution in [0.5, 0.6) is 0 Å². The Bertz CT molecular complexity index is 52.4. The first kappa shape index (κ1) is 9.56. The Morgan fingerprint density at radius 2 is 2.00 bits per heavy atom. The van der Waals surface area contributed by atoms with Crippen molar-refractivity contribution in [3.8, 4) is 6.07 Å². The molecule has 0 aliphatic rings. The molecule has 0 bridgehead atoms. The number of nitrogens with zero attached hydrogens (tertiary/aromatic N) is 1. The third kappa shape index (κ3) is 10.9. The van der Waals surface area contributed by atoms with Gasteiger partial charge in [-0.15, -0.1) is 0 Å². The Morgan fingerprint density at radius 1 is 1.80 bits per heavy atom. The summed E-state index contributed by atoms with van der Waals surface area (Å²) in [5, 5.41) is 7.51. The molecule has 0 N–H and O–H groups in total. The van der Waals surface area contributed by atoms with Crippen molar-refractivity contribution < 1.29 is 0 Å². The molecule has 0 aliphatic carbocycles. The van der Waals surface area contributed by atoms with Crippen LogP contribution in [0.25, 0.3) is 0 Å². The number of hydrogen-bond donors (Lipinski definition) is 0. The first-order chi connectivity index (χ1) is 1.91. The van der Waals surface area contributed by atoms with E-state index in [-0.39, 0.29) is 68.9 Å². The van der Waals surface area contributed by atoms with Gasteiger partial charge in [0.2, 0.25) is 0 Å². The average Bonchev–Trinajstić information content (AvgIpc) is 1.37. The monoisotopic (exact) mass is 187 g/mol. The van der Waals surface area contributed by atoms with Crippen LogP contribution in [0.2, 0.25) is 0 Å². The molecule has 0 heterocycles. The van der Waals surface area contributed by atoms with Gasteiger partial charge in [-0.05, 0) is 0 Å². The Hall–Kier alpha value is 1.28. The van der Waals surface area contributed by atoms with E-state index in [2.05, 4.69) is 6.58 Å². The Labute approximate surface area is 90.5 Å². The van der Waals surface area contributed by atoms with Crippen LogP contribution in [0.3, 0.4) is 0 Å². The van der Waals surface area contributed by atoms with Crippen LogP contribution in [-0.4, -0.2) is 68.9 Å². The van der Waals surface area contributed by atoms with Gasteiger partial charge in [0.15, 0.2) is 0 Å². The molecule has 0 aliphatic heterocycles. The molecule has 0 aromatic heterocycles. The second kappa shape index (κ2) is 8.99. The number of rotatable bonds is 0. The first-order valence-corrected chi connectivity index (χ1v) is 0.921. The molecule has 0 aromatic carbocycles. The van der Waals surface area contributed by atoms with Crippen molar-refractivity contribution in [2.24, 2.45) is 0 Å². The zero-order chi connectivity index (χ0) is 3.41. The maximum atomic E-state index is 7.51. The summed E-state index contributed by atoms with van der Waals surface area (Å²) in [6.45, 7) is 3.12. The van der Waals surface area contributed by atoms with Gasteiger partial charge in [-0.25, -0.2) is 0 Å². The second-order valence-corrected chi connectivity index (χ2v) is 0.333. The Kier molecular flexibility index (Phi) is 17.2. The standard InChI is InChI=1S/C3H3N.Cs.H/c1-2-3-4;;/h2H,1H2;;. The van der Waals surface area contributed by atoms with Gasteiger partial charge < -0.3 is 0 Å². The fraction of sp³-hybridized carbons (Fsp3) is 0. The molecular formula is C3H4CsN. The summed E-state index contributed by atoms with van der Waals surface area (Å²) in [5.41, 5.74) is 0. The van der Waals surface area contributed by atoms with Crippen molar-refractivity contribution in [3.05, 3.63) is 12.7 Å². The topological polar surface area (TPSA) is 23.8 Å². The van der Waals surface area contributed by atoms with Gasteiger partial charge in [-0.2, -0.15) is 5.26 Å². The van der Waals surface area contributed by atoms with E-state index in [0.717, 1.165) is 0 Å². The van der Waals surface area contributed by atoms with Crippen LogP contribution in [0.15, 0.2) is 12.7 Å². The van der Waals surface area contributed by atoms with Crippen LogP contribution in [-0.2, 0) is 0 Å². The summed E-state index contributed by atoms with van der Waals surface area (Å²) in [6, 6.07) is 1.69. The van der Waals surface area contributed by atoms with E-state index < -0.39 is 0 Å². The summed E-state index contributed by atoms with van der Waals surface area (Å²) >= 11 is 0. The SMILES string of the molecule is C=CC#N.[CsH]. The minimum atomic E-state index is 0. The van der Waals surface area contributed by atoms with Crippen molar-refractivity contribution in [2.45, 2.75) is 0 Å². The molecule has 0 spiro atoms. The summed E-state index contributed by atoms with van der Waals surface area (Å²) in [4.78, 5) is 0. The molecule has 0 aromatic rings. The molecule has 0 saturated carbocycles. The van der Waals surface area contributed by atoms with E-state index in [1.165, 1.54) is 6.08 Å². The van der Waals surface area contributed by atoms with E-state index in [9.17, 15) is 0 Å². The minimum absolute atomic E-state index is 0. The summed E-state index contributed by atoms with van der Waals surface area (Å²) in [7, 11) is 0. The molecule has 5 heavy (non-hydrogen) atoms. The number of nitriles is 1. The summed E-state index contributed by atoms with van der Waals surface area (Å²) in [6.07, 6.45) is 1.18. The van der Waals surface area contributed by atoms with Crippen LogP contribution in [0, 0.1) is 11.3 Å². The molecule has 0 saturated heterocycles. The third-order valence-electron chi connectivity index (χ3n) is 0.0913. The van der Waals surface area contributed by atoms with E-state index >= 15 is 0 Å². The van der Waals surface area contributed by atoms with Gasteiger partial charge in [-0.3, -0.25) is 0 Å². The molecule has 2 heteroatoms. The molecule has 0 rings (SSSR count). The Morgan fingerprint density at radius 3 is 2.00 bits per heavy atom. The number of allylic oxidation sites excluding steroid dienone is 1. The van der Waals surface area contributed by atoms with Gasteiger partial charge in [0.05, 0.1) is 6.07 Å². The van der Waals surface area contributed by atoms with Crippen LogP contribution in [0.1, 0.15) is 0 Å². The first-order valence-electron chi connectivity index (χ1n) is 0.921. The molecule has 0 fully saturated rings. The zero-order valence-electron chi connectivity index (χ0n) is 2.23. The van der Waals surface area contributed by atoms with E-state index in [4.69, 9.17) is 5.26 Å². The molecule has 0 radical (unpaired) electrons. The van der Waals surface area contributed by atoms with Gasteiger partial charge in [0, 0.05) is 6.08 Å².